The Morgan fingerprint density at radius 1 is 1.29 bits per heavy atom. The van der Waals surface area contributed by atoms with Gasteiger partial charge in [0.25, 0.3) is 0 Å². The normalized spacial score (nSPS) is 37.8. The zero-order valence-electron chi connectivity index (χ0n) is 7.18. The molecule has 78 valence electrons. The molecule has 1 rings (SSSR count). The molecule has 0 aromatic rings. The van der Waals surface area contributed by atoms with E-state index in [1.807, 2.05) is 0 Å². The minimum Gasteiger partial charge on any atom is -0.388 e. The van der Waals surface area contributed by atoms with Gasteiger partial charge in [0.15, 0.2) is 0 Å². The van der Waals surface area contributed by atoms with Gasteiger partial charge in [-0.05, 0) is 44.9 Å². The van der Waals surface area contributed by atoms with Gasteiger partial charge in [0, 0.05) is 0 Å². The lowest BCUT2D eigenvalue weighted by Crippen LogP contribution is -2.30. The highest BCUT2D eigenvalue weighted by Gasteiger charge is 2.38. The van der Waals surface area contributed by atoms with Crippen LogP contribution < -0.4 is 0 Å². The van der Waals surface area contributed by atoms with Crippen LogP contribution in [0.15, 0.2) is 21.6 Å². The van der Waals surface area contributed by atoms with Crippen LogP contribution in [0.3, 0.4) is 0 Å². The smallest absolute Gasteiger partial charge is 0.112 e. The molecular weight excluding hydrogens is 316 g/mol. The third-order valence-corrected chi connectivity index (χ3v) is 2.39. The number of aliphatic hydroxyl groups is 2. The molecule has 0 bridgehead atoms. The summed E-state index contributed by atoms with van der Waals surface area (Å²) in [7, 11) is 0. The van der Waals surface area contributed by atoms with Crippen molar-refractivity contribution in [2.45, 2.75) is 24.4 Å². The lowest BCUT2D eigenvalue weighted by molar-refractivity contribution is 0.0390. The molecule has 4 atom stereocenters. The van der Waals surface area contributed by atoms with Crippen molar-refractivity contribution in [1.29, 1.82) is 0 Å². The van der Waals surface area contributed by atoms with E-state index in [-0.39, 0.29) is 0 Å². The minimum atomic E-state index is -1.03. The number of ether oxygens (including phenoxy) is 1. The first-order chi connectivity index (χ1) is 6.52. The van der Waals surface area contributed by atoms with E-state index in [0.717, 1.165) is 3.39 Å². The second kappa shape index (κ2) is 5.42. The Balaban J connectivity index is 2.55. The molecule has 0 spiro atoms. The van der Waals surface area contributed by atoms with Gasteiger partial charge in [0.2, 0.25) is 0 Å². The van der Waals surface area contributed by atoms with Crippen LogP contribution in [0.4, 0.5) is 0 Å². The molecule has 2 radical (unpaired) electrons. The zero-order chi connectivity index (χ0) is 10.7. The van der Waals surface area contributed by atoms with E-state index in [4.69, 9.17) is 11.7 Å². The second-order valence-electron chi connectivity index (χ2n) is 2.89. The van der Waals surface area contributed by atoms with Crippen LogP contribution in [0.2, 0.25) is 0 Å². The molecule has 1 aliphatic heterocycles. The van der Waals surface area contributed by atoms with E-state index in [0.29, 0.717) is 0 Å². The molecule has 14 heavy (non-hydrogen) atoms. The van der Waals surface area contributed by atoms with Crippen LogP contribution in [0.25, 0.3) is 0 Å². The van der Waals surface area contributed by atoms with Gasteiger partial charge < -0.3 is 14.9 Å². The van der Waals surface area contributed by atoms with Crippen LogP contribution in [-0.4, -0.2) is 34.6 Å². The maximum absolute atomic E-state index is 9.44. The fourth-order valence-corrected chi connectivity index (χ4v) is 1.43. The summed E-state index contributed by atoms with van der Waals surface area (Å²) in [6.07, 6.45) is 1.67. The number of aliphatic hydroxyl groups excluding tert-OH is 2. The van der Waals surface area contributed by atoms with Crippen LogP contribution in [0, 0.1) is 6.92 Å². The molecule has 1 aliphatic rings. The SMILES string of the molecule is [CH][C@@H]1O[C@H](/C=C/C=C(Br)Br)[C@H](O)C1O. The van der Waals surface area contributed by atoms with E-state index in [1.165, 1.54) is 0 Å². The summed E-state index contributed by atoms with van der Waals surface area (Å²) in [6, 6.07) is 0. The number of allylic oxidation sites excluding steroid dienone is 2. The predicted octanol–water partition coefficient (Wildman–Crippen LogP) is 1.37. The first-order valence-electron chi connectivity index (χ1n) is 3.99. The van der Waals surface area contributed by atoms with Gasteiger partial charge in [-0.2, -0.15) is 0 Å². The number of rotatable bonds is 2. The van der Waals surface area contributed by atoms with Crippen LogP contribution >= 0.6 is 31.9 Å². The van der Waals surface area contributed by atoms with Crippen molar-refractivity contribution in [2.24, 2.45) is 0 Å². The molecule has 5 heteroatoms. The van der Waals surface area contributed by atoms with E-state index < -0.39 is 24.4 Å². The fraction of sp³-hybridized carbons (Fsp3) is 0.444. The molecule has 0 amide bonds. The van der Waals surface area contributed by atoms with Crippen molar-refractivity contribution in [3.63, 3.8) is 0 Å². The summed E-state index contributed by atoms with van der Waals surface area (Å²) in [5.41, 5.74) is 0. The molecule has 1 heterocycles. The predicted molar refractivity (Wildman–Crippen MR) is 60.1 cm³/mol. The Morgan fingerprint density at radius 3 is 2.36 bits per heavy atom. The van der Waals surface area contributed by atoms with Gasteiger partial charge in [-0.25, -0.2) is 0 Å². The zero-order valence-corrected chi connectivity index (χ0v) is 10.3. The molecule has 1 saturated heterocycles. The van der Waals surface area contributed by atoms with E-state index in [2.05, 4.69) is 31.9 Å². The Kier molecular flexibility index (Phi) is 4.79. The first kappa shape index (κ1) is 12.4. The van der Waals surface area contributed by atoms with Gasteiger partial charge >= 0.3 is 0 Å². The van der Waals surface area contributed by atoms with Crippen LogP contribution in [-0.2, 0) is 4.74 Å². The molecule has 1 unspecified atom stereocenters. The largest absolute Gasteiger partial charge is 0.388 e. The molecule has 0 saturated carbocycles. The molecule has 0 aliphatic carbocycles. The highest BCUT2D eigenvalue weighted by atomic mass is 79.9. The van der Waals surface area contributed by atoms with E-state index in [9.17, 15) is 10.2 Å². The summed E-state index contributed by atoms with van der Waals surface area (Å²) < 4.78 is 5.88. The Morgan fingerprint density at radius 2 is 1.93 bits per heavy atom. The van der Waals surface area contributed by atoms with E-state index in [1.54, 1.807) is 18.2 Å². The molecule has 0 aromatic carbocycles. The molecule has 3 nitrogen and oxygen atoms in total. The van der Waals surface area contributed by atoms with Crippen LogP contribution in [0.5, 0.6) is 0 Å². The van der Waals surface area contributed by atoms with Crippen molar-refractivity contribution >= 4 is 31.9 Å². The molecular formula is C9H10Br2O3. The lowest BCUT2D eigenvalue weighted by Gasteiger charge is -2.09. The average Bonchev–Trinajstić information content (AvgIpc) is 2.33. The standard InChI is InChI=1S/C9H10Br2O3/c1-5-8(12)9(13)6(14-5)3-2-4-7(10)11/h1-6,8-9,12-13H/b3-2+/t5-,6+,8?,9-/m0/s1. The van der Waals surface area contributed by atoms with Crippen molar-refractivity contribution < 1.29 is 14.9 Å². The summed E-state index contributed by atoms with van der Waals surface area (Å²) in [5.74, 6) is 0. The Hall–Kier alpha value is 0.320. The van der Waals surface area contributed by atoms with Gasteiger partial charge in [-0.15, -0.1) is 0 Å². The quantitative estimate of drug-likeness (QED) is 0.754. The lowest BCUT2D eigenvalue weighted by atomic mass is 10.1. The van der Waals surface area contributed by atoms with Gasteiger partial charge in [-0.1, -0.05) is 12.2 Å². The molecule has 0 aromatic heterocycles. The van der Waals surface area contributed by atoms with Gasteiger partial charge in [0.05, 0.1) is 9.50 Å². The topological polar surface area (TPSA) is 49.7 Å². The number of halogens is 2. The summed E-state index contributed by atoms with van der Waals surface area (Å²) in [5, 5.41) is 18.7. The molecule has 2 N–H and O–H groups in total. The minimum absolute atomic E-state index is 0.560. The van der Waals surface area contributed by atoms with Crippen molar-refractivity contribution in [3.8, 4) is 0 Å². The van der Waals surface area contributed by atoms with E-state index >= 15 is 0 Å². The third kappa shape index (κ3) is 3.17. The van der Waals surface area contributed by atoms with Gasteiger partial charge in [0.1, 0.15) is 18.3 Å². The van der Waals surface area contributed by atoms with Crippen molar-refractivity contribution in [2.75, 3.05) is 0 Å². The summed E-state index contributed by atoms with van der Waals surface area (Å²) in [4.78, 5) is 0. The monoisotopic (exact) mass is 324 g/mol. The molecule has 1 fully saturated rings. The first-order valence-corrected chi connectivity index (χ1v) is 5.57. The van der Waals surface area contributed by atoms with Crippen molar-refractivity contribution in [3.05, 3.63) is 28.5 Å². The average molecular weight is 326 g/mol. The maximum atomic E-state index is 9.44. The second-order valence-corrected chi connectivity index (χ2v) is 5.66. The van der Waals surface area contributed by atoms with Crippen molar-refractivity contribution in [1.82, 2.24) is 0 Å². The summed E-state index contributed by atoms with van der Waals surface area (Å²) >= 11 is 6.34. The maximum Gasteiger partial charge on any atom is 0.112 e. The summed E-state index contributed by atoms with van der Waals surface area (Å²) in [6.45, 7) is 5.39. The fourth-order valence-electron chi connectivity index (χ4n) is 1.13. The highest BCUT2D eigenvalue weighted by Crippen LogP contribution is 2.21. The number of hydrogen-bond acceptors (Lipinski definition) is 3. The third-order valence-electron chi connectivity index (χ3n) is 1.86. The van der Waals surface area contributed by atoms with Gasteiger partial charge in [-0.3, -0.25) is 0 Å². The Bertz CT molecular complexity index is 248. The Labute approximate surface area is 99.7 Å². The number of hydrogen-bond donors (Lipinski definition) is 2. The van der Waals surface area contributed by atoms with Crippen LogP contribution in [0.1, 0.15) is 0 Å². The highest BCUT2D eigenvalue weighted by molar-refractivity contribution is 9.28.